The fourth-order valence-electron chi connectivity index (χ4n) is 1.49. The molecule has 0 aromatic carbocycles. The summed E-state index contributed by atoms with van der Waals surface area (Å²) in [6.07, 6.45) is 2.72. The third-order valence-electron chi connectivity index (χ3n) is 2.41. The molecule has 2 rings (SSSR count). The highest BCUT2D eigenvalue weighted by Crippen LogP contribution is 2.01. The second-order valence-corrected chi connectivity index (χ2v) is 4.12. The van der Waals surface area contributed by atoms with Gasteiger partial charge in [-0.2, -0.15) is 0 Å². The lowest BCUT2D eigenvalue weighted by Crippen LogP contribution is -2.21. The van der Waals surface area contributed by atoms with Gasteiger partial charge in [0.05, 0.1) is 0 Å². The fraction of sp³-hybridized carbons (Fsp3) is 0.455. The van der Waals surface area contributed by atoms with Crippen molar-refractivity contribution in [3.63, 3.8) is 0 Å². The lowest BCUT2D eigenvalue weighted by atomic mass is 10.1. The monoisotopic (exact) mass is 205 g/mol. The van der Waals surface area contributed by atoms with Gasteiger partial charge in [-0.3, -0.25) is 4.40 Å². The van der Waals surface area contributed by atoms with Crippen molar-refractivity contribution in [3.8, 4) is 0 Å². The summed E-state index contributed by atoms with van der Waals surface area (Å²) in [6.45, 7) is 4.97. The predicted molar refractivity (Wildman–Crippen MR) is 58.9 cm³/mol. The van der Waals surface area contributed by atoms with Crippen LogP contribution in [0.1, 0.15) is 20.3 Å². The number of hydrogen-bond donors (Lipinski definition) is 0. The van der Waals surface area contributed by atoms with Crippen molar-refractivity contribution < 1.29 is 0 Å². The smallest absolute Gasteiger partial charge is 0.250 e. The first-order valence-corrected chi connectivity index (χ1v) is 5.22. The predicted octanol–water partition coefficient (Wildman–Crippen LogP) is 1.54. The van der Waals surface area contributed by atoms with E-state index >= 15 is 0 Å². The van der Waals surface area contributed by atoms with E-state index in [-0.39, 0.29) is 5.69 Å². The summed E-state index contributed by atoms with van der Waals surface area (Å²) in [5.74, 6) is 0.585. The molecule has 2 aromatic rings. The summed E-state index contributed by atoms with van der Waals surface area (Å²) in [5, 5.41) is 4.25. The van der Waals surface area contributed by atoms with Crippen LogP contribution in [0.3, 0.4) is 0 Å². The van der Waals surface area contributed by atoms with Crippen LogP contribution in [0.4, 0.5) is 0 Å². The van der Waals surface area contributed by atoms with Gasteiger partial charge in [0.2, 0.25) is 0 Å². The number of pyridine rings is 1. The SMILES string of the molecule is CC(C)CCn1nc2ccccn2c1=O. The largest absolute Gasteiger partial charge is 0.350 e. The molecular formula is C11H15N3O. The normalized spacial score (nSPS) is 11.4. The van der Waals surface area contributed by atoms with Gasteiger partial charge in [-0.1, -0.05) is 19.9 Å². The highest BCUT2D eigenvalue weighted by Gasteiger charge is 2.05. The number of aromatic nitrogens is 3. The zero-order valence-electron chi connectivity index (χ0n) is 9.05. The van der Waals surface area contributed by atoms with Crippen molar-refractivity contribution in [3.05, 3.63) is 34.9 Å². The molecular weight excluding hydrogens is 190 g/mol. The Kier molecular flexibility index (Phi) is 2.58. The molecule has 0 aliphatic rings. The molecule has 0 bridgehead atoms. The van der Waals surface area contributed by atoms with Crippen molar-refractivity contribution in [1.29, 1.82) is 0 Å². The van der Waals surface area contributed by atoms with Crippen LogP contribution in [-0.2, 0) is 6.54 Å². The van der Waals surface area contributed by atoms with E-state index in [9.17, 15) is 4.79 Å². The van der Waals surface area contributed by atoms with Gasteiger partial charge in [0.25, 0.3) is 0 Å². The van der Waals surface area contributed by atoms with E-state index in [0.29, 0.717) is 18.1 Å². The lowest BCUT2D eigenvalue weighted by molar-refractivity contribution is 0.478. The molecule has 2 aromatic heterocycles. The summed E-state index contributed by atoms with van der Waals surface area (Å²) in [7, 11) is 0. The molecule has 4 heteroatoms. The summed E-state index contributed by atoms with van der Waals surface area (Å²) in [5.41, 5.74) is 0.664. The average Bonchev–Trinajstić information content (AvgIpc) is 2.54. The molecule has 0 fully saturated rings. The van der Waals surface area contributed by atoms with E-state index in [2.05, 4.69) is 18.9 Å². The lowest BCUT2D eigenvalue weighted by Gasteiger charge is -2.01. The maximum absolute atomic E-state index is 11.8. The fourth-order valence-corrected chi connectivity index (χ4v) is 1.49. The van der Waals surface area contributed by atoms with Crippen LogP contribution in [-0.4, -0.2) is 14.2 Å². The Morgan fingerprint density at radius 1 is 1.40 bits per heavy atom. The molecule has 4 nitrogen and oxygen atoms in total. The van der Waals surface area contributed by atoms with Crippen LogP contribution in [0.25, 0.3) is 5.65 Å². The number of nitrogens with zero attached hydrogens (tertiary/aromatic N) is 3. The van der Waals surface area contributed by atoms with Crippen molar-refractivity contribution >= 4 is 5.65 Å². The van der Waals surface area contributed by atoms with E-state index < -0.39 is 0 Å². The molecule has 2 heterocycles. The number of rotatable bonds is 3. The second-order valence-electron chi connectivity index (χ2n) is 4.12. The number of hydrogen-bond acceptors (Lipinski definition) is 2. The van der Waals surface area contributed by atoms with Crippen LogP contribution >= 0.6 is 0 Å². The third-order valence-corrected chi connectivity index (χ3v) is 2.41. The van der Waals surface area contributed by atoms with Gasteiger partial charge in [0, 0.05) is 12.7 Å². The second kappa shape index (κ2) is 3.88. The van der Waals surface area contributed by atoms with E-state index in [1.165, 1.54) is 4.68 Å². The van der Waals surface area contributed by atoms with E-state index in [1.807, 2.05) is 18.2 Å². The van der Waals surface area contributed by atoms with Gasteiger partial charge in [-0.25, -0.2) is 9.48 Å². The van der Waals surface area contributed by atoms with E-state index in [4.69, 9.17) is 0 Å². The summed E-state index contributed by atoms with van der Waals surface area (Å²) >= 11 is 0. The minimum atomic E-state index is -0.0498. The zero-order valence-corrected chi connectivity index (χ0v) is 9.05. The van der Waals surface area contributed by atoms with Gasteiger partial charge in [0.15, 0.2) is 5.65 Å². The van der Waals surface area contributed by atoms with Gasteiger partial charge in [-0.15, -0.1) is 5.10 Å². The molecule has 15 heavy (non-hydrogen) atoms. The molecule has 0 saturated carbocycles. The molecule has 0 atom stereocenters. The van der Waals surface area contributed by atoms with Gasteiger partial charge >= 0.3 is 5.69 Å². The molecule has 0 saturated heterocycles. The molecule has 80 valence electrons. The Balaban J connectivity index is 2.36. The highest BCUT2D eigenvalue weighted by molar-refractivity contribution is 5.35. The molecule has 0 unspecified atom stereocenters. The van der Waals surface area contributed by atoms with Crippen LogP contribution in [0, 0.1) is 5.92 Å². The van der Waals surface area contributed by atoms with Crippen molar-refractivity contribution in [1.82, 2.24) is 14.2 Å². The van der Waals surface area contributed by atoms with Crippen LogP contribution in [0.15, 0.2) is 29.2 Å². The van der Waals surface area contributed by atoms with Crippen molar-refractivity contribution in [2.45, 2.75) is 26.8 Å². The molecule has 0 spiro atoms. The minimum Gasteiger partial charge on any atom is -0.250 e. The molecule has 0 amide bonds. The summed E-state index contributed by atoms with van der Waals surface area (Å²) in [4.78, 5) is 11.8. The molecule has 0 aliphatic heterocycles. The molecule has 0 aliphatic carbocycles. The van der Waals surface area contributed by atoms with E-state index in [1.54, 1.807) is 10.6 Å². The first kappa shape index (κ1) is 9.96. The Morgan fingerprint density at radius 3 is 2.87 bits per heavy atom. The standard InChI is InChI=1S/C11H15N3O/c1-9(2)6-8-14-11(15)13-7-4-3-5-10(13)12-14/h3-5,7,9H,6,8H2,1-2H3. The number of fused-ring (bicyclic) bond motifs is 1. The van der Waals surface area contributed by atoms with Crippen molar-refractivity contribution in [2.75, 3.05) is 0 Å². The highest BCUT2D eigenvalue weighted by atomic mass is 16.2. The zero-order chi connectivity index (χ0) is 10.8. The Morgan fingerprint density at radius 2 is 2.20 bits per heavy atom. The first-order valence-electron chi connectivity index (χ1n) is 5.22. The van der Waals surface area contributed by atoms with Crippen molar-refractivity contribution in [2.24, 2.45) is 5.92 Å². The Labute approximate surface area is 88.2 Å². The third kappa shape index (κ3) is 1.93. The van der Waals surface area contributed by atoms with Crippen LogP contribution < -0.4 is 5.69 Å². The van der Waals surface area contributed by atoms with E-state index in [0.717, 1.165) is 6.42 Å². The Hall–Kier alpha value is -1.58. The maximum atomic E-state index is 11.8. The van der Waals surface area contributed by atoms with Crippen LogP contribution in [0.5, 0.6) is 0 Å². The summed E-state index contributed by atoms with van der Waals surface area (Å²) in [6, 6.07) is 5.56. The van der Waals surface area contributed by atoms with Gasteiger partial charge < -0.3 is 0 Å². The van der Waals surface area contributed by atoms with Gasteiger partial charge in [-0.05, 0) is 24.5 Å². The minimum absolute atomic E-state index is 0.0498. The first-order chi connectivity index (χ1) is 7.18. The maximum Gasteiger partial charge on any atom is 0.350 e. The Bertz CT molecular complexity index is 510. The quantitative estimate of drug-likeness (QED) is 0.762. The number of aryl methyl sites for hydroxylation is 1. The molecule has 0 N–H and O–H groups in total. The topological polar surface area (TPSA) is 39.3 Å². The van der Waals surface area contributed by atoms with Gasteiger partial charge in [0.1, 0.15) is 0 Å². The molecule has 0 radical (unpaired) electrons. The average molecular weight is 205 g/mol. The summed E-state index contributed by atoms with van der Waals surface area (Å²) < 4.78 is 3.11. The van der Waals surface area contributed by atoms with Crippen LogP contribution in [0.2, 0.25) is 0 Å².